The minimum Gasteiger partial charge on any atom is -0.508 e. The topological polar surface area (TPSA) is 169 Å². The van der Waals surface area contributed by atoms with Crippen LogP contribution in [0.5, 0.6) is 34.5 Å². The van der Waals surface area contributed by atoms with Crippen LogP contribution in [0.15, 0.2) is 78.9 Å². The molecule has 0 bridgehead atoms. The van der Waals surface area contributed by atoms with Gasteiger partial charge in [0.05, 0.1) is 7.11 Å². The van der Waals surface area contributed by atoms with Gasteiger partial charge in [0, 0.05) is 25.1 Å². The van der Waals surface area contributed by atoms with Gasteiger partial charge in [-0.25, -0.2) is 0 Å². The summed E-state index contributed by atoms with van der Waals surface area (Å²) >= 11 is 0. The lowest BCUT2D eigenvalue weighted by atomic mass is 9.93. The van der Waals surface area contributed by atoms with E-state index in [1.54, 1.807) is 66.7 Å². The molecule has 0 aliphatic rings. The fraction of sp³-hybridized carbons (Fsp3) is 0.200. The first-order valence-electron chi connectivity index (χ1n) is 14.4. The fourth-order valence-corrected chi connectivity index (χ4v) is 4.72. The number of methoxy groups -OCH3 is 1. The van der Waals surface area contributed by atoms with Crippen molar-refractivity contribution in [3.63, 3.8) is 0 Å². The van der Waals surface area contributed by atoms with E-state index in [1.807, 2.05) is 0 Å². The molecule has 234 valence electrons. The van der Waals surface area contributed by atoms with Gasteiger partial charge in [0.15, 0.2) is 23.0 Å². The fourth-order valence-electron chi connectivity index (χ4n) is 4.72. The predicted octanol–water partition coefficient (Wildman–Crippen LogP) is 4.41. The Labute approximate surface area is 260 Å². The number of aromatic hydroxyl groups is 5. The van der Waals surface area contributed by atoms with Gasteiger partial charge in [-0.1, -0.05) is 30.3 Å². The summed E-state index contributed by atoms with van der Waals surface area (Å²) in [6.45, 7) is 0.650. The second kappa shape index (κ2) is 15.2. The monoisotopic (exact) mass is 612 g/mol. The molecule has 10 nitrogen and oxygen atoms in total. The number of amides is 2. The van der Waals surface area contributed by atoms with Crippen molar-refractivity contribution in [2.45, 2.75) is 25.7 Å². The third-order valence-electron chi connectivity index (χ3n) is 7.18. The summed E-state index contributed by atoms with van der Waals surface area (Å²) in [6, 6.07) is 20.6. The number of hydrogen-bond acceptors (Lipinski definition) is 8. The number of benzene rings is 4. The molecule has 0 aliphatic carbocycles. The van der Waals surface area contributed by atoms with E-state index < -0.39 is 11.7 Å². The van der Waals surface area contributed by atoms with Crippen molar-refractivity contribution < 1.29 is 39.9 Å². The average molecular weight is 613 g/mol. The van der Waals surface area contributed by atoms with Crippen LogP contribution >= 0.6 is 0 Å². The standard InChI is InChI=1S/C35H36N2O8/c1-45-33-19-24(6-12-30(33)40)18-29(35(44)37-17-15-23-4-10-27(39)11-5-23)28-21-32(42)31(41)20-25(28)7-13-34(43)36-16-14-22-2-8-26(38)9-3-22/h2-6,8-12,18-21,38-42H,7,13-17H2,1H3,(H,36,43)(H,37,44)/b29-18+. The Morgan fingerprint density at radius 3 is 1.87 bits per heavy atom. The van der Waals surface area contributed by atoms with Gasteiger partial charge in [0.1, 0.15) is 11.5 Å². The largest absolute Gasteiger partial charge is 0.508 e. The Hall–Kier alpha value is -5.64. The van der Waals surface area contributed by atoms with Gasteiger partial charge >= 0.3 is 0 Å². The number of hydrogen-bond donors (Lipinski definition) is 7. The van der Waals surface area contributed by atoms with Gasteiger partial charge < -0.3 is 40.9 Å². The van der Waals surface area contributed by atoms with Crippen molar-refractivity contribution >= 4 is 23.5 Å². The van der Waals surface area contributed by atoms with E-state index in [2.05, 4.69) is 10.6 Å². The minimum absolute atomic E-state index is 0.0512. The Kier molecular flexibility index (Phi) is 10.9. The summed E-state index contributed by atoms with van der Waals surface area (Å²) in [5.74, 6) is -1.09. The number of phenols is 5. The Bertz CT molecular complexity index is 1660. The second-order valence-electron chi connectivity index (χ2n) is 10.4. The molecule has 0 spiro atoms. The van der Waals surface area contributed by atoms with Gasteiger partial charge in [0.25, 0.3) is 5.91 Å². The van der Waals surface area contributed by atoms with Crippen molar-refractivity contribution in [1.82, 2.24) is 10.6 Å². The lowest BCUT2D eigenvalue weighted by Gasteiger charge is -2.16. The van der Waals surface area contributed by atoms with E-state index in [4.69, 9.17) is 4.74 Å². The molecule has 2 amide bonds. The number of carbonyl (C=O) groups is 2. The first-order valence-corrected chi connectivity index (χ1v) is 14.4. The van der Waals surface area contributed by atoms with Crippen LogP contribution in [-0.4, -0.2) is 57.5 Å². The third-order valence-corrected chi connectivity index (χ3v) is 7.18. The molecule has 4 rings (SSSR count). The van der Waals surface area contributed by atoms with E-state index in [1.165, 1.54) is 25.3 Å². The zero-order valence-corrected chi connectivity index (χ0v) is 24.8. The van der Waals surface area contributed by atoms with Gasteiger partial charge in [-0.2, -0.15) is 0 Å². The first kappa shape index (κ1) is 32.3. The summed E-state index contributed by atoms with van der Waals surface area (Å²) < 4.78 is 5.22. The van der Waals surface area contributed by atoms with E-state index in [-0.39, 0.29) is 59.6 Å². The summed E-state index contributed by atoms with van der Waals surface area (Å²) in [4.78, 5) is 26.4. The van der Waals surface area contributed by atoms with E-state index in [9.17, 15) is 35.1 Å². The molecule has 0 radical (unpaired) electrons. The highest BCUT2D eigenvalue weighted by Crippen LogP contribution is 2.35. The highest BCUT2D eigenvalue weighted by atomic mass is 16.5. The molecule has 4 aromatic rings. The van der Waals surface area contributed by atoms with Gasteiger partial charge in [0.2, 0.25) is 5.91 Å². The summed E-state index contributed by atoms with van der Waals surface area (Å²) in [5.41, 5.74) is 3.32. The zero-order chi connectivity index (χ0) is 32.3. The SMILES string of the molecule is COc1cc(/C=C(/C(=O)NCCc2ccc(O)cc2)c2cc(O)c(O)cc2CCC(=O)NCCc2ccc(O)cc2)ccc1O. The summed E-state index contributed by atoms with van der Waals surface area (Å²) in [7, 11) is 1.41. The minimum atomic E-state index is -0.467. The smallest absolute Gasteiger partial charge is 0.251 e. The maximum Gasteiger partial charge on any atom is 0.251 e. The van der Waals surface area contributed by atoms with E-state index in [0.717, 1.165) is 11.1 Å². The maximum absolute atomic E-state index is 13.7. The highest BCUT2D eigenvalue weighted by Gasteiger charge is 2.20. The molecular formula is C35H36N2O8. The van der Waals surface area contributed by atoms with Crippen LogP contribution in [0.3, 0.4) is 0 Å². The molecule has 45 heavy (non-hydrogen) atoms. The van der Waals surface area contributed by atoms with Crippen LogP contribution in [0.4, 0.5) is 0 Å². The number of aryl methyl sites for hydroxylation is 1. The summed E-state index contributed by atoms with van der Waals surface area (Å²) in [5, 5.41) is 55.5. The lowest BCUT2D eigenvalue weighted by Crippen LogP contribution is -2.27. The number of rotatable bonds is 13. The number of phenolic OH excluding ortho intramolecular Hbond substituents is 5. The van der Waals surface area contributed by atoms with Crippen molar-refractivity contribution in [2.24, 2.45) is 0 Å². The molecule has 10 heteroatoms. The van der Waals surface area contributed by atoms with Crippen molar-refractivity contribution in [1.29, 1.82) is 0 Å². The van der Waals surface area contributed by atoms with Crippen LogP contribution < -0.4 is 15.4 Å². The Morgan fingerprint density at radius 2 is 1.27 bits per heavy atom. The second-order valence-corrected chi connectivity index (χ2v) is 10.4. The lowest BCUT2D eigenvalue weighted by molar-refractivity contribution is -0.121. The molecule has 0 saturated heterocycles. The summed E-state index contributed by atoms with van der Waals surface area (Å²) in [6.07, 6.45) is 2.85. The quantitative estimate of drug-likeness (QED) is 0.0662. The molecule has 4 aromatic carbocycles. The number of carbonyl (C=O) groups excluding carboxylic acids is 2. The van der Waals surface area contributed by atoms with Gasteiger partial charge in [-0.15, -0.1) is 0 Å². The van der Waals surface area contributed by atoms with Gasteiger partial charge in [-0.3, -0.25) is 9.59 Å². The van der Waals surface area contributed by atoms with Crippen LogP contribution in [0.25, 0.3) is 11.6 Å². The van der Waals surface area contributed by atoms with Crippen molar-refractivity contribution in [3.05, 3.63) is 107 Å². The van der Waals surface area contributed by atoms with Crippen LogP contribution in [0.2, 0.25) is 0 Å². The molecule has 0 aromatic heterocycles. The number of ether oxygens (including phenoxy) is 1. The number of nitrogens with one attached hydrogen (secondary N) is 2. The Morgan fingerprint density at radius 1 is 0.689 bits per heavy atom. The van der Waals surface area contributed by atoms with Crippen molar-refractivity contribution in [2.75, 3.05) is 20.2 Å². The van der Waals surface area contributed by atoms with Crippen LogP contribution in [0, 0.1) is 0 Å². The first-order chi connectivity index (χ1) is 21.6. The molecule has 0 atom stereocenters. The van der Waals surface area contributed by atoms with E-state index >= 15 is 0 Å². The Balaban J connectivity index is 1.56. The normalized spacial score (nSPS) is 11.2. The van der Waals surface area contributed by atoms with Crippen molar-refractivity contribution in [3.8, 4) is 34.5 Å². The molecule has 0 unspecified atom stereocenters. The average Bonchev–Trinajstić information content (AvgIpc) is 3.03. The maximum atomic E-state index is 13.7. The van der Waals surface area contributed by atoms with Crippen LogP contribution in [-0.2, 0) is 28.9 Å². The highest BCUT2D eigenvalue weighted by molar-refractivity contribution is 6.24. The third kappa shape index (κ3) is 9.17. The van der Waals surface area contributed by atoms with Crippen LogP contribution in [0.1, 0.15) is 34.2 Å². The molecular weight excluding hydrogens is 576 g/mol. The molecule has 0 aliphatic heterocycles. The zero-order valence-electron chi connectivity index (χ0n) is 24.8. The molecule has 0 fully saturated rings. The molecule has 0 saturated carbocycles. The molecule has 0 heterocycles. The van der Waals surface area contributed by atoms with Gasteiger partial charge in [-0.05, 0) is 102 Å². The predicted molar refractivity (Wildman–Crippen MR) is 170 cm³/mol. The van der Waals surface area contributed by atoms with E-state index in [0.29, 0.717) is 36.1 Å². The molecule has 7 N–H and O–H groups in total.